The zero-order valence-corrected chi connectivity index (χ0v) is 14.0. The number of allylic oxidation sites excluding steroid dienone is 2. The van der Waals surface area contributed by atoms with Crippen LogP contribution in [0.4, 0.5) is 5.69 Å². The Bertz CT molecular complexity index is 651. The van der Waals surface area contributed by atoms with E-state index in [0.717, 1.165) is 6.54 Å². The third-order valence-corrected chi connectivity index (χ3v) is 3.79. The first kappa shape index (κ1) is 17.9. The number of carbonyl (C=O) groups is 2. The van der Waals surface area contributed by atoms with Crippen molar-refractivity contribution in [2.75, 3.05) is 32.5 Å². The van der Waals surface area contributed by atoms with Gasteiger partial charge in [0.05, 0.1) is 18.0 Å². The molecule has 1 aliphatic rings. The number of hydrogen-bond acceptors (Lipinski definition) is 5. The van der Waals surface area contributed by atoms with Gasteiger partial charge in [-0.3, -0.25) is 14.6 Å². The highest BCUT2D eigenvalue weighted by Crippen LogP contribution is 2.26. The van der Waals surface area contributed by atoms with Crippen molar-refractivity contribution in [1.29, 1.82) is 0 Å². The molecule has 24 heavy (non-hydrogen) atoms. The van der Waals surface area contributed by atoms with Crippen molar-refractivity contribution < 1.29 is 14.7 Å². The molecule has 0 spiro atoms. The standard InChI is InChI=1S/C18H23N3O3/c1-21(2)9-8-19-12-15-16(22)10-13(11-17(15)23)18(24)20-14-6-4-3-5-7-14/h3-7,12-13,22H,8-11H2,1-2H3,(H,20,24). The normalized spacial score (nSPS) is 18.5. The zero-order chi connectivity index (χ0) is 17.5. The van der Waals surface area contributed by atoms with E-state index in [1.165, 1.54) is 6.21 Å². The Morgan fingerprint density at radius 1 is 1.33 bits per heavy atom. The Kier molecular flexibility index (Phi) is 6.26. The molecule has 1 unspecified atom stereocenters. The number of aliphatic hydroxyl groups is 1. The number of anilines is 1. The van der Waals surface area contributed by atoms with E-state index in [4.69, 9.17) is 0 Å². The molecule has 1 aliphatic carbocycles. The highest BCUT2D eigenvalue weighted by atomic mass is 16.3. The van der Waals surface area contributed by atoms with E-state index in [9.17, 15) is 14.7 Å². The van der Waals surface area contributed by atoms with Gasteiger partial charge in [0.2, 0.25) is 5.91 Å². The molecule has 6 heteroatoms. The summed E-state index contributed by atoms with van der Waals surface area (Å²) in [6, 6.07) is 9.06. The van der Waals surface area contributed by atoms with E-state index in [1.807, 2.05) is 37.2 Å². The first-order valence-electron chi connectivity index (χ1n) is 7.93. The number of likely N-dealkylation sites (N-methyl/N-ethyl adjacent to an activating group) is 1. The van der Waals surface area contributed by atoms with Crippen LogP contribution in [0.5, 0.6) is 0 Å². The molecule has 0 saturated carbocycles. The van der Waals surface area contributed by atoms with Crippen LogP contribution >= 0.6 is 0 Å². The Morgan fingerprint density at radius 2 is 2.04 bits per heavy atom. The molecule has 1 atom stereocenters. The molecule has 0 fully saturated rings. The number of Topliss-reactive ketones (excluding diaryl/α,β-unsaturated/α-hetero) is 1. The van der Waals surface area contributed by atoms with Crippen molar-refractivity contribution in [3.8, 4) is 0 Å². The number of nitrogens with one attached hydrogen (secondary N) is 1. The van der Waals surface area contributed by atoms with Crippen LogP contribution in [0.1, 0.15) is 12.8 Å². The van der Waals surface area contributed by atoms with E-state index < -0.39 is 5.92 Å². The first-order valence-corrected chi connectivity index (χ1v) is 7.93. The van der Waals surface area contributed by atoms with Gasteiger partial charge in [-0.25, -0.2) is 0 Å². The molecule has 0 bridgehead atoms. The number of nitrogens with zero attached hydrogens (tertiary/aromatic N) is 2. The lowest BCUT2D eigenvalue weighted by molar-refractivity contribution is -0.125. The van der Waals surface area contributed by atoms with E-state index in [2.05, 4.69) is 10.3 Å². The minimum atomic E-state index is -0.559. The van der Waals surface area contributed by atoms with E-state index in [0.29, 0.717) is 12.2 Å². The van der Waals surface area contributed by atoms with Gasteiger partial charge in [-0.1, -0.05) is 18.2 Å². The fourth-order valence-corrected chi connectivity index (χ4v) is 2.42. The zero-order valence-electron chi connectivity index (χ0n) is 14.0. The van der Waals surface area contributed by atoms with E-state index in [1.54, 1.807) is 12.1 Å². The van der Waals surface area contributed by atoms with Gasteiger partial charge < -0.3 is 15.3 Å². The number of aliphatic hydroxyl groups excluding tert-OH is 1. The van der Waals surface area contributed by atoms with Crippen LogP contribution in [0.3, 0.4) is 0 Å². The van der Waals surface area contributed by atoms with Crippen molar-refractivity contribution in [3.05, 3.63) is 41.7 Å². The van der Waals surface area contributed by atoms with Gasteiger partial charge in [0.15, 0.2) is 5.78 Å². The smallest absolute Gasteiger partial charge is 0.228 e. The summed E-state index contributed by atoms with van der Waals surface area (Å²) in [5.41, 5.74) is 0.895. The third-order valence-electron chi connectivity index (χ3n) is 3.79. The largest absolute Gasteiger partial charge is 0.511 e. The molecular weight excluding hydrogens is 306 g/mol. The van der Waals surface area contributed by atoms with Crippen LogP contribution < -0.4 is 5.32 Å². The highest BCUT2D eigenvalue weighted by molar-refractivity contribution is 6.15. The number of aliphatic imine (C=N–C) groups is 1. The number of hydrogen-bond donors (Lipinski definition) is 2. The lowest BCUT2D eigenvalue weighted by Gasteiger charge is -2.21. The SMILES string of the molecule is CN(C)CCN=CC1=C(O)CC(C(=O)Nc2ccccc2)CC1=O. The molecule has 2 N–H and O–H groups in total. The van der Waals surface area contributed by atoms with Crippen molar-refractivity contribution in [2.45, 2.75) is 12.8 Å². The van der Waals surface area contributed by atoms with Gasteiger partial charge in [-0.2, -0.15) is 0 Å². The highest BCUT2D eigenvalue weighted by Gasteiger charge is 2.31. The summed E-state index contributed by atoms with van der Waals surface area (Å²) in [4.78, 5) is 30.6. The molecule has 6 nitrogen and oxygen atoms in total. The number of rotatable bonds is 6. The number of amides is 1. The summed E-state index contributed by atoms with van der Waals surface area (Å²) < 4.78 is 0. The summed E-state index contributed by atoms with van der Waals surface area (Å²) in [7, 11) is 3.88. The van der Waals surface area contributed by atoms with E-state index >= 15 is 0 Å². The maximum Gasteiger partial charge on any atom is 0.228 e. The van der Waals surface area contributed by atoms with Gasteiger partial charge >= 0.3 is 0 Å². The molecule has 1 aromatic rings. The number of carbonyl (C=O) groups excluding carboxylic acids is 2. The van der Waals surface area contributed by atoms with Crippen LogP contribution in [-0.4, -0.2) is 55.1 Å². The third kappa shape index (κ3) is 5.03. The lowest BCUT2D eigenvalue weighted by Crippen LogP contribution is -2.30. The fraction of sp³-hybridized carbons (Fsp3) is 0.389. The maximum absolute atomic E-state index is 12.3. The first-order chi connectivity index (χ1) is 11.5. The average Bonchev–Trinajstić information content (AvgIpc) is 2.54. The second-order valence-corrected chi connectivity index (χ2v) is 6.08. The molecule has 0 radical (unpaired) electrons. The number of ketones is 1. The molecule has 0 aliphatic heterocycles. The second kappa shape index (κ2) is 8.40. The van der Waals surface area contributed by atoms with Crippen molar-refractivity contribution >= 4 is 23.6 Å². The molecule has 0 heterocycles. The maximum atomic E-state index is 12.3. The van der Waals surface area contributed by atoms with Gasteiger partial charge in [-0.05, 0) is 26.2 Å². The fourth-order valence-electron chi connectivity index (χ4n) is 2.42. The Labute approximate surface area is 141 Å². The lowest BCUT2D eigenvalue weighted by atomic mass is 9.87. The summed E-state index contributed by atoms with van der Waals surface area (Å²) in [5, 5.41) is 12.9. The summed E-state index contributed by atoms with van der Waals surface area (Å²) in [6.45, 7) is 1.32. The topological polar surface area (TPSA) is 82.0 Å². The van der Waals surface area contributed by atoms with Crippen LogP contribution in [0.2, 0.25) is 0 Å². The predicted molar refractivity (Wildman–Crippen MR) is 94.4 cm³/mol. The minimum absolute atomic E-state index is 0.0620. The van der Waals surface area contributed by atoms with Crippen molar-refractivity contribution in [1.82, 2.24) is 4.90 Å². The number of para-hydroxylation sites is 1. The molecular formula is C18H23N3O3. The average molecular weight is 329 g/mol. The molecule has 2 rings (SSSR count). The molecule has 1 aromatic carbocycles. The minimum Gasteiger partial charge on any atom is -0.511 e. The Balaban J connectivity index is 1.98. The van der Waals surface area contributed by atoms with Gasteiger partial charge in [0.1, 0.15) is 5.76 Å². The predicted octanol–water partition coefficient (Wildman–Crippen LogP) is 2.05. The van der Waals surface area contributed by atoms with Gasteiger partial charge in [-0.15, -0.1) is 0 Å². The number of benzene rings is 1. The van der Waals surface area contributed by atoms with Crippen molar-refractivity contribution in [2.24, 2.45) is 10.9 Å². The molecule has 0 saturated heterocycles. The quantitative estimate of drug-likeness (QED) is 0.783. The summed E-state index contributed by atoms with van der Waals surface area (Å²) >= 11 is 0. The van der Waals surface area contributed by atoms with Crippen LogP contribution in [0, 0.1) is 5.92 Å². The molecule has 0 aromatic heterocycles. The summed E-state index contributed by atoms with van der Waals surface area (Å²) in [6.07, 6.45) is 1.66. The van der Waals surface area contributed by atoms with Crippen LogP contribution in [0.25, 0.3) is 0 Å². The molecule has 1 amide bonds. The summed E-state index contributed by atoms with van der Waals surface area (Å²) in [5.74, 6) is -1.13. The van der Waals surface area contributed by atoms with Gasteiger partial charge in [0, 0.05) is 31.3 Å². The monoisotopic (exact) mass is 329 g/mol. The van der Waals surface area contributed by atoms with Crippen LogP contribution in [0.15, 0.2) is 46.7 Å². The van der Waals surface area contributed by atoms with Crippen molar-refractivity contribution in [3.63, 3.8) is 0 Å². The Morgan fingerprint density at radius 3 is 2.67 bits per heavy atom. The second-order valence-electron chi connectivity index (χ2n) is 6.08. The Hall–Kier alpha value is -2.47. The van der Waals surface area contributed by atoms with E-state index in [-0.39, 0.29) is 35.9 Å². The van der Waals surface area contributed by atoms with Gasteiger partial charge in [0.25, 0.3) is 0 Å². The molecule has 128 valence electrons. The van der Waals surface area contributed by atoms with Crippen LogP contribution in [-0.2, 0) is 9.59 Å².